The van der Waals surface area contributed by atoms with Crippen LogP contribution in [0.1, 0.15) is 0 Å². The Morgan fingerprint density at radius 3 is 1.85 bits per heavy atom. The molecule has 1 aliphatic carbocycles. The molecular formula is C7H6Cl2O4. The molecule has 0 aliphatic heterocycles. The van der Waals surface area contributed by atoms with Gasteiger partial charge in [0.15, 0.2) is 0 Å². The summed E-state index contributed by atoms with van der Waals surface area (Å²) < 4.78 is 34.8. The number of halogens is 2. The SMILES string of the molecule is [O-][Cl+3]([O-])([O-])OC1(Cl)C=CC=CC=C1. The van der Waals surface area contributed by atoms with E-state index in [0.717, 1.165) is 0 Å². The van der Waals surface area contributed by atoms with Crippen molar-refractivity contribution in [2.75, 3.05) is 0 Å². The first-order valence-corrected chi connectivity index (χ1v) is 4.87. The summed E-state index contributed by atoms with van der Waals surface area (Å²) >= 11 is 5.64. The zero-order chi connectivity index (χ0) is 9.95. The van der Waals surface area contributed by atoms with Crippen molar-refractivity contribution in [2.24, 2.45) is 0 Å². The van der Waals surface area contributed by atoms with Crippen LogP contribution in [0.5, 0.6) is 0 Å². The van der Waals surface area contributed by atoms with E-state index in [9.17, 15) is 14.0 Å². The Hall–Kier alpha value is -0.360. The van der Waals surface area contributed by atoms with Gasteiger partial charge in [0.25, 0.3) is 0 Å². The number of hydrogen-bond acceptors (Lipinski definition) is 4. The van der Waals surface area contributed by atoms with E-state index in [1.54, 1.807) is 12.2 Å². The molecule has 13 heavy (non-hydrogen) atoms. The minimum Gasteiger partial charge on any atom is -0.183 e. The lowest BCUT2D eigenvalue weighted by molar-refractivity contribution is -1.92. The second-order valence-electron chi connectivity index (χ2n) is 2.26. The van der Waals surface area contributed by atoms with Crippen molar-refractivity contribution in [1.82, 2.24) is 0 Å². The van der Waals surface area contributed by atoms with Gasteiger partial charge in [0, 0.05) is 0 Å². The quantitative estimate of drug-likeness (QED) is 0.536. The first-order valence-electron chi connectivity index (χ1n) is 3.25. The zero-order valence-corrected chi connectivity index (χ0v) is 7.86. The van der Waals surface area contributed by atoms with E-state index in [4.69, 9.17) is 11.6 Å². The van der Waals surface area contributed by atoms with Gasteiger partial charge >= 0.3 is 5.06 Å². The lowest BCUT2D eigenvalue weighted by Crippen LogP contribution is -2.63. The largest absolute Gasteiger partial charge is 0.334 e. The molecule has 0 radical (unpaired) electrons. The van der Waals surface area contributed by atoms with E-state index < -0.39 is 15.3 Å². The topological polar surface area (TPSA) is 78.4 Å². The van der Waals surface area contributed by atoms with Crippen LogP contribution < -0.4 is 14.0 Å². The van der Waals surface area contributed by atoms with E-state index in [-0.39, 0.29) is 0 Å². The van der Waals surface area contributed by atoms with Crippen LogP contribution in [0.2, 0.25) is 0 Å². The van der Waals surface area contributed by atoms with E-state index in [1.807, 2.05) is 0 Å². The molecule has 0 saturated carbocycles. The molecule has 0 saturated heterocycles. The summed E-state index contributed by atoms with van der Waals surface area (Å²) in [5, 5.41) is -1.72. The summed E-state index contributed by atoms with van der Waals surface area (Å²) in [5.74, 6) is 0. The monoisotopic (exact) mass is 224 g/mol. The van der Waals surface area contributed by atoms with Gasteiger partial charge in [-0.1, -0.05) is 35.9 Å². The molecule has 72 valence electrons. The Bertz CT molecular complexity index is 248. The van der Waals surface area contributed by atoms with Gasteiger partial charge in [0.2, 0.25) is 0 Å². The standard InChI is InChI=1S/C7H6Cl2O4/c8-7(13-9(10,11)12)5-3-1-2-4-6-7/h1-6H. The molecular weight excluding hydrogens is 219 g/mol. The molecule has 1 rings (SSSR count). The van der Waals surface area contributed by atoms with Crippen LogP contribution in [-0.2, 0) is 4.29 Å². The predicted molar refractivity (Wildman–Crippen MR) is 37.1 cm³/mol. The third-order valence-electron chi connectivity index (χ3n) is 1.19. The van der Waals surface area contributed by atoms with Crippen molar-refractivity contribution in [3.8, 4) is 0 Å². The molecule has 0 aromatic heterocycles. The molecule has 4 nitrogen and oxygen atoms in total. The maximum absolute atomic E-state index is 10.2. The van der Waals surface area contributed by atoms with Gasteiger partial charge in [-0.2, -0.15) is 14.0 Å². The smallest absolute Gasteiger partial charge is 0.183 e. The average Bonchev–Trinajstić information content (AvgIpc) is 2.09. The van der Waals surface area contributed by atoms with Crippen LogP contribution in [0.4, 0.5) is 0 Å². The molecule has 0 N–H and O–H groups in total. The van der Waals surface area contributed by atoms with Crippen LogP contribution in [-0.4, -0.2) is 5.06 Å². The maximum Gasteiger partial charge on any atom is 0.334 e. The highest BCUT2D eigenvalue weighted by molar-refractivity contribution is 6.25. The van der Waals surface area contributed by atoms with Gasteiger partial charge in [-0.3, -0.25) is 0 Å². The molecule has 0 unspecified atom stereocenters. The summed E-state index contributed by atoms with van der Waals surface area (Å²) in [5.41, 5.74) is 0. The van der Waals surface area contributed by atoms with Gasteiger partial charge in [-0.25, -0.2) is 0 Å². The van der Waals surface area contributed by atoms with Crippen LogP contribution in [0, 0.1) is 10.2 Å². The fourth-order valence-corrected chi connectivity index (χ4v) is 1.51. The fraction of sp³-hybridized carbons (Fsp3) is 0.143. The minimum atomic E-state index is -4.54. The van der Waals surface area contributed by atoms with E-state index in [1.165, 1.54) is 24.3 Å². The molecule has 0 heterocycles. The van der Waals surface area contributed by atoms with Crippen LogP contribution in [0.15, 0.2) is 36.5 Å². The number of alkyl halides is 1. The van der Waals surface area contributed by atoms with Crippen molar-refractivity contribution in [2.45, 2.75) is 5.06 Å². The van der Waals surface area contributed by atoms with Crippen molar-refractivity contribution < 1.29 is 28.5 Å². The first kappa shape index (κ1) is 10.7. The Balaban J connectivity index is 2.77. The third kappa shape index (κ3) is 3.91. The second kappa shape index (κ2) is 3.79. The van der Waals surface area contributed by atoms with Crippen LogP contribution in [0.3, 0.4) is 0 Å². The summed E-state index contributed by atoms with van der Waals surface area (Å²) in [6, 6.07) is 0. The Morgan fingerprint density at radius 1 is 1.00 bits per heavy atom. The highest BCUT2D eigenvalue weighted by Gasteiger charge is 2.39. The highest BCUT2D eigenvalue weighted by atomic mass is 35.7. The molecule has 0 aromatic rings. The zero-order valence-electron chi connectivity index (χ0n) is 6.35. The highest BCUT2D eigenvalue weighted by Crippen LogP contribution is 2.25. The van der Waals surface area contributed by atoms with Crippen molar-refractivity contribution >= 4 is 11.6 Å². The van der Waals surface area contributed by atoms with Gasteiger partial charge in [-0.15, -0.1) is 0 Å². The van der Waals surface area contributed by atoms with Gasteiger partial charge in [0.05, 0.1) is 14.5 Å². The van der Waals surface area contributed by atoms with Crippen molar-refractivity contribution in [3.63, 3.8) is 0 Å². The molecule has 0 amide bonds. The second-order valence-corrected chi connectivity index (χ2v) is 3.76. The van der Waals surface area contributed by atoms with E-state index >= 15 is 0 Å². The van der Waals surface area contributed by atoms with Crippen molar-refractivity contribution in [3.05, 3.63) is 36.5 Å². The Kier molecular flexibility index (Phi) is 3.13. The number of rotatable bonds is 2. The normalized spacial score (nSPS) is 20.3. The summed E-state index contributed by atoms with van der Waals surface area (Å²) in [6.45, 7) is 0. The number of allylic oxidation sites excluding steroid dienone is 4. The molecule has 0 fully saturated rings. The Morgan fingerprint density at radius 2 is 1.46 bits per heavy atom. The fourth-order valence-electron chi connectivity index (χ4n) is 0.754. The summed E-state index contributed by atoms with van der Waals surface area (Å²) in [4.78, 5) is 0. The lowest BCUT2D eigenvalue weighted by Gasteiger charge is -2.19. The van der Waals surface area contributed by atoms with Gasteiger partial charge in [-0.05, 0) is 12.2 Å². The molecule has 0 bridgehead atoms. The average molecular weight is 225 g/mol. The molecule has 6 heteroatoms. The minimum absolute atomic E-state index is 1.25. The molecule has 0 atom stereocenters. The Labute approximate surface area is 82.1 Å². The van der Waals surface area contributed by atoms with E-state index in [0.29, 0.717) is 0 Å². The van der Waals surface area contributed by atoms with Gasteiger partial charge in [0.1, 0.15) is 0 Å². The van der Waals surface area contributed by atoms with Crippen LogP contribution >= 0.6 is 11.6 Å². The first-order chi connectivity index (χ1) is 5.91. The maximum atomic E-state index is 10.2. The summed E-state index contributed by atoms with van der Waals surface area (Å²) in [7, 11) is -4.54. The lowest BCUT2D eigenvalue weighted by atomic mass is 10.3. The predicted octanol–water partition coefficient (Wildman–Crippen LogP) is -1.48. The number of hydrogen-bond donors (Lipinski definition) is 0. The molecule has 0 spiro atoms. The molecule has 1 aliphatic rings. The van der Waals surface area contributed by atoms with Crippen molar-refractivity contribution in [1.29, 1.82) is 0 Å². The molecule has 0 aromatic carbocycles. The van der Waals surface area contributed by atoms with E-state index in [2.05, 4.69) is 4.29 Å². The summed E-state index contributed by atoms with van der Waals surface area (Å²) in [6.07, 6.45) is 8.70. The third-order valence-corrected chi connectivity index (χ3v) is 2.05. The van der Waals surface area contributed by atoms with Crippen LogP contribution in [0.25, 0.3) is 0 Å². The van der Waals surface area contributed by atoms with Gasteiger partial charge < -0.3 is 0 Å².